The van der Waals surface area contributed by atoms with Gasteiger partial charge in [0.1, 0.15) is 5.70 Å². The van der Waals surface area contributed by atoms with E-state index in [4.69, 9.17) is 12.2 Å². The second-order valence-electron chi connectivity index (χ2n) is 8.40. The zero-order valence-electron chi connectivity index (χ0n) is 21.8. The fourth-order valence-corrected chi connectivity index (χ4v) is 5.67. The molecule has 0 atom stereocenters. The molecular weight excluding hydrogens is 504 g/mol. The molecule has 9 heteroatoms. The molecule has 196 valence electrons. The Balaban J connectivity index is 0.000000479. The third-order valence-corrected chi connectivity index (χ3v) is 7.81. The molecule has 2 heterocycles. The van der Waals surface area contributed by atoms with Crippen LogP contribution in [0.3, 0.4) is 0 Å². The Morgan fingerprint density at radius 2 is 1.57 bits per heavy atom. The maximum absolute atomic E-state index is 13.1. The number of fused-ring (bicyclic) bond motifs is 1. The Kier molecular flexibility index (Phi) is 10.3. The lowest BCUT2D eigenvalue weighted by atomic mass is 10.2. The van der Waals surface area contributed by atoms with Crippen LogP contribution in [0, 0.1) is 0 Å². The van der Waals surface area contributed by atoms with E-state index in [1.54, 1.807) is 47.0 Å². The number of thiocarbonyl (C=S) groups is 1. The normalized spacial score (nSPS) is 17.1. The lowest BCUT2D eigenvalue weighted by Gasteiger charge is -2.20. The fourth-order valence-electron chi connectivity index (χ4n) is 4.19. The molecule has 0 bridgehead atoms. The Morgan fingerprint density at radius 3 is 2.14 bits per heavy atom. The van der Waals surface area contributed by atoms with Crippen LogP contribution in [0.5, 0.6) is 0 Å². The standard InChI is InChI=1S/C22H19N3O3S2.C6H15N/c1-2-23-16-10-6-7-11-18(16)30-19(23)13-12-17-21(28)25(15-8-4-3-5-9-15)22(29)24(17)14-20(26)27;1-4-7(5-2)6-3/h3-13H,2,14H2,1H3,(H,26,27);4-6H2,1-3H3/b17-12-,19-13+;. The number of nitrogens with zero attached hydrogens (tertiary/aromatic N) is 3. The summed E-state index contributed by atoms with van der Waals surface area (Å²) >= 11 is 7.04. The summed E-state index contributed by atoms with van der Waals surface area (Å²) < 4.78 is 0. The lowest BCUT2D eigenvalue weighted by molar-refractivity contribution is -0.894. The Morgan fingerprint density at radius 1 is 0.946 bits per heavy atom. The van der Waals surface area contributed by atoms with Gasteiger partial charge < -0.3 is 24.6 Å². The highest BCUT2D eigenvalue weighted by atomic mass is 32.2. The number of allylic oxidation sites excluding steroid dienone is 2. The Hall–Kier alpha value is -3.14. The van der Waals surface area contributed by atoms with Crippen LogP contribution in [0.25, 0.3) is 0 Å². The van der Waals surface area contributed by atoms with Crippen molar-refractivity contribution in [1.29, 1.82) is 0 Å². The SMILES string of the molecule is CCN1/C(=C\C=C2\C(=O)N(c3ccccc3)C(=S)N2CC(=O)[O-])Sc2ccccc21.CC[NH+](CC)CC. The van der Waals surface area contributed by atoms with Crippen molar-refractivity contribution in [3.8, 4) is 0 Å². The first-order valence-corrected chi connectivity index (χ1v) is 13.8. The molecule has 0 spiro atoms. The van der Waals surface area contributed by atoms with Gasteiger partial charge in [0.25, 0.3) is 5.91 Å². The van der Waals surface area contributed by atoms with Gasteiger partial charge in [-0.2, -0.15) is 0 Å². The van der Waals surface area contributed by atoms with E-state index in [0.29, 0.717) is 5.69 Å². The van der Waals surface area contributed by atoms with Gasteiger partial charge in [0.15, 0.2) is 5.11 Å². The predicted octanol–water partition coefficient (Wildman–Crippen LogP) is 2.66. The molecule has 2 aromatic carbocycles. The summed E-state index contributed by atoms with van der Waals surface area (Å²) in [6, 6.07) is 17.0. The van der Waals surface area contributed by atoms with Crippen LogP contribution in [0.2, 0.25) is 0 Å². The van der Waals surface area contributed by atoms with Crippen molar-refractivity contribution in [3.05, 3.63) is 77.5 Å². The molecule has 0 saturated carbocycles. The lowest BCUT2D eigenvalue weighted by Crippen LogP contribution is -3.11. The van der Waals surface area contributed by atoms with Crippen molar-refractivity contribution in [2.45, 2.75) is 32.6 Å². The Labute approximate surface area is 229 Å². The first kappa shape index (κ1) is 28.4. The van der Waals surface area contributed by atoms with Crippen LogP contribution in [-0.2, 0) is 9.59 Å². The van der Waals surface area contributed by atoms with Crippen molar-refractivity contribution in [3.63, 3.8) is 0 Å². The summed E-state index contributed by atoms with van der Waals surface area (Å²) in [5.41, 5.74) is 1.90. The number of quaternary nitrogens is 1. The number of carbonyl (C=O) groups is 2. The average molecular weight is 539 g/mol. The molecule has 2 aliphatic heterocycles. The summed E-state index contributed by atoms with van der Waals surface area (Å²) in [5.74, 6) is -1.68. The van der Waals surface area contributed by atoms with Gasteiger partial charge >= 0.3 is 0 Å². The smallest absolute Gasteiger partial charge is 0.281 e. The summed E-state index contributed by atoms with van der Waals surface area (Å²) in [5, 5.41) is 12.4. The van der Waals surface area contributed by atoms with Gasteiger partial charge in [-0.3, -0.25) is 9.69 Å². The van der Waals surface area contributed by atoms with E-state index in [2.05, 4.69) is 38.7 Å². The van der Waals surface area contributed by atoms with Crippen LogP contribution in [-0.4, -0.2) is 54.6 Å². The number of aliphatic carboxylic acids is 1. The third-order valence-electron chi connectivity index (χ3n) is 6.27. The minimum Gasteiger partial charge on any atom is -0.548 e. The minimum absolute atomic E-state index is 0.120. The molecule has 1 amide bonds. The van der Waals surface area contributed by atoms with Crippen molar-refractivity contribution in [1.82, 2.24) is 4.90 Å². The van der Waals surface area contributed by atoms with Gasteiger partial charge in [0.05, 0.1) is 48.6 Å². The summed E-state index contributed by atoms with van der Waals surface area (Å²) in [4.78, 5) is 32.1. The molecule has 37 heavy (non-hydrogen) atoms. The van der Waals surface area contributed by atoms with Crippen molar-refractivity contribution < 1.29 is 19.6 Å². The number of rotatable bonds is 8. The molecule has 1 N–H and O–H groups in total. The molecule has 0 unspecified atom stereocenters. The van der Waals surface area contributed by atoms with E-state index in [1.165, 1.54) is 29.4 Å². The van der Waals surface area contributed by atoms with Crippen LogP contribution in [0.4, 0.5) is 11.4 Å². The molecule has 4 rings (SSSR count). The maximum Gasteiger partial charge on any atom is 0.281 e. The number of thioether (sulfide) groups is 1. The fraction of sp³-hybridized carbons (Fsp3) is 0.321. The summed E-state index contributed by atoms with van der Waals surface area (Å²) in [7, 11) is 0. The molecule has 0 aliphatic carbocycles. The van der Waals surface area contributed by atoms with Crippen molar-refractivity contribution >= 4 is 52.3 Å². The number of para-hydroxylation sites is 2. The van der Waals surface area contributed by atoms with E-state index >= 15 is 0 Å². The highest BCUT2D eigenvalue weighted by Crippen LogP contribution is 2.45. The van der Waals surface area contributed by atoms with Gasteiger partial charge in [-0.1, -0.05) is 42.1 Å². The molecular formula is C28H34N4O3S2. The highest BCUT2D eigenvalue weighted by molar-refractivity contribution is 8.03. The number of amides is 1. The monoisotopic (exact) mass is 538 g/mol. The number of benzene rings is 2. The van der Waals surface area contributed by atoms with Crippen LogP contribution >= 0.6 is 24.0 Å². The van der Waals surface area contributed by atoms with Gasteiger partial charge in [0, 0.05) is 11.4 Å². The minimum atomic E-state index is -1.31. The number of anilines is 2. The number of carboxylic acids is 1. The molecule has 7 nitrogen and oxygen atoms in total. The number of nitrogens with one attached hydrogen (secondary N) is 1. The van der Waals surface area contributed by atoms with Crippen molar-refractivity contribution in [2.24, 2.45) is 0 Å². The molecule has 0 radical (unpaired) electrons. The molecule has 0 aromatic heterocycles. The van der Waals surface area contributed by atoms with E-state index < -0.39 is 12.5 Å². The predicted molar refractivity (Wildman–Crippen MR) is 152 cm³/mol. The van der Waals surface area contributed by atoms with Crippen LogP contribution in [0.1, 0.15) is 27.7 Å². The molecule has 2 aromatic rings. The third kappa shape index (κ3) is 6.60. The zero-order chi connectivity index (χ0) is 26.9. The van der Waals surface area contributed by atoms with Crippen molar-refractivity contribution in [2.75, 3.05) is 42.5 Å². The number of hydrogen-bond donors (Lipinski definition) is 1. The average Bonchev–Trinajstić information content (AvgIpc) is 3.37. The van der Waals surface area contributed by atoms with E-state index in [-0.39, 0.29) is 16.7 Å². The molecule has 1 saturated heterocycles. The van der Waals surface area contributed by atoms with E-state index in [1.807, 2.05) is 30.3 Å². The topological polar surface area (TPSA) is 71.4 Å². The Bertz CT molecular complexity index is 1170. The van der Waals surface area contributed by atoms with Crippen LogP contribution in [0.15, 0.2) is 82.4 Å². The largest absolute Gasteiger partial charge is 0.548 e. The van der Waals surface area contributed by atoms with Gasteiger partial charge in [0.2, 0.25) is 0 Å². The highest BCUT2D eigenvalue weighted by Gasteiger charge is 2.38. The molecule has 2 aliphatic rings. The zero-order valence-corrected chi connectivity index (χ0v) is 23.4. The summed E-state index contributed by atoms with van der Waals surface area (Å²) in [6.07, 6.45) is 3.47. The van der Waals surface area contributed by atoms with Gasteiger partial charge in [-0.25, -0.2) is 0 Å². The van der Waals surface area contributed by atoms with Crippen LogP contribution < -0.4 is 19.8 Å². The number of hydrogen-bond acceptors (Lipinski definition) is 6. The number of carbonyl (C=O) groups excluding carboxylic acids is 2. The molecule has 1 fully saturated rings. The van der Waals surface area contributed by atoms with E-state index in [9.17, 15) is 14.7 Å². The first-order chi connectivity index (χ1) is 17.9. The second kappa shape index (κ2) is 13.4. The van der Waals surface area contributed by atoms with Gasteiger partial charge in [-0.05, 0) is 76.3 Å². The van der Waals surface area contributed by atoms with Gasteiger partial charge in [-0.15, -0.1) is 0 Å². The quantitative estimate of drug-likeness (QED) is 0.409. The second-order valence-corrected chi connectivity index (χ2v) is 9.83. The maximum atomic E-state index is 13.1. The number of carboxylic acid groups (broad SMARTS) is 1. The first-order valence-electron chi connectivity index (χ1n) is 12.6. The summed E-state index contributed by atoms with van der Waals surface area (Å²) in [6.45, 7) is 12.8. The van der Waals surface area contributed by atoms with E-state index in [0.717, 1.165) is 22.2 Å².